The van der Waals surface area contributed by atoms with Crippen LogP contribution in [-0.2, 0) is 11.3 Å². The van der Waals surface area contributed by atoms with Crippen molar-refractivity contribution in [3.05, 3.63) is 30.6 Å². The van der Waals surface area contributed by atoms with Crippen LogP contribution in [0.5, 0.6) is 0 Å². The van der Waals surface area contributed by atoms with E-state index in [1.165, 1.54) is 0 Å². The molecule has 140 valence electrons. The summed E-state index contributed by atoms with van der Waals surface area (Å²) in [6, 6.07) is 7.92. The van der Waals surface area contributed by atoms with Gasteiger partial charge in [-0.25, -0.2) is 9.78 Å². The van der Waals surface area contributed by atoms with Crippen molar-refractivity contribution in [2.24, 2.45) is 0 Å². The van der Waals surface area contributed by atoms with E-state index in [4.69, 9.17) is 0 Å². The van der Waals surface area contributed by atoms with Gasteiger partial charge in [0.2, 0.25) is 5.91 Å². The maximum atomic E-state index is 12.8. The summed E-state index contributed by atoms with van der Waals surface area (Å²) < 4.78 is 2.02. The van der Waals surface area contributed by atoms with Gasteiger partial charge in [-0.05, 0) is 26.0 Å². The highest BCUT2D eigenvalue weighted by Crippen LogP contribution is 2.23. The molecule has 0 atom stereocenters. The second-order valence-electron chi connectivity index (χ2n) is 7.63. The molecule has 2 heterocycles. The third kappa shape index (κ3) is 3.52. The molecule has 7 heteroatoms. The maximum Gasteiger partial charge on any atom is 0.319 e. The molecule has 0 saturated carbocycles. The van der Waals surface area contributed by atoms with Crippen LogP contribution >= 0.6 is 0 Å². The Balaban J connectivity index is 1.64. The topological polar surface area (TPSA) is 61.7 Å². The molecule has 1 saturated heterocycles. The quantitative estimate of drug-likeness (QED) is 0.844. The third-order valence-electron chi connectivity index (χ3n) is 4.95. The van der Waals surface area contributed by atoms with E-state index in [0.29, 0.717) is 32.6 Å². The Morgan fingerprint density at radius 3 is 2.62 bits per heavy atom. The number of hydrogen-bond donors (Lipinski definition) is 0. The smallest absolute Gasteiger partial charge is 0.319 e. The molecule has 0 radical (unpaired) electrons. The number of aromatic nitrogens is 2. The number of aryl methyl sites for hydroxylation is 1. The van der Waals surface area contributed by atoms with E-state index in [9.17, 15) is 9.59 Å². The van der Waals surface area contributed by atoms with E-state index >= 15 is 0 Å². The molecule has 2 aromatic rings. The molecule has 1 fully saturated rings. The lowest BCUT2D eigenvalue weighted by atomic mass is 9.98. The number of carbonyl (C=O) groups excluding carboxylic acids is 2. The number of urea groups is 1. The Morgan fingerprint density at radius 2 is 1.92 bits per heavy atom. The monoisotopic (exact) mass is 357 g/mol. The summed E-state index contributed by atoms with van der Waals surface area (Å²) in [5.74, 6) is 0.115. The molecule has 0 unspecified atom stereocenters. The average Bonchev–Trinajstić information content (AvgIpc) is 3.01. The Labute approximate surface area is 154 Å². The molecule has 1 aromatic carbocycles. The predicted octanol–water partition coefficient (Wildman–Crippen LogP) is 2.03. The van der Waals surface area contributed by atoms with Crippen molar-refractivity contribution in [1.82, 2.24) is 24.3 Å². The molecule has 0 aliphatic carbocycles. The lowest BCUT2D eigenvalue weighted by Gasteiger charge is -2.47. The van der Waals surface area contributed by atoms with Gasteiger partial charge in [0.1, 0.15) is 0 Å². The normalized spacial score (nSPS) is 16.8. The Hall–Kier alpha value is -2.57. The van der Waals surface area contributed by atoms with E-state index in [-0.39, 0.29) is 17.5 Å². The molecule has 3 amide bonds. The van der Waals surface area contributed by atoms with Crippen molar-refractivity contribution < 1.29 is 9.59 Å². The summed E-state index contributed by atoms with van der Waals surface area (Å²) in [7, 11) is 3.50. The molecular weight excluding hydrogens is 330 g/mol. The predicted molar refractivity (Wildman–Crippen MR) is 101 cm³/mol. The number of imidazole rings is 1. The first kappa shape index (κ1) is 18.2. The van der Waals surface area contributed by atoms with Crippen molar-refractivity contribution >= 4 is 23.0 Å². The largest absolute Gasteiger partial charge is 0.334 e. The van der Waals surface area contributed by atoms with Crippen LogP contribution in [0.2, 0.25) is 0 Å². The van der Waals surface area contributed by atoms with Crippen LogP contribution in [0.15, 0.2) is 30.6 Å². The van der Waals surface area contributed by atoms with Gasteiger partial charge < -0.3 is 19.3 Å². The first-order valence-electron chi connectivity index (χ1n) is 8.96. The van der Waals surface area contributed by atoms with Crippen LogP contribution in [0.1, 0.15) is 20.3 Å². The number of benzene rings is 1. The number of piperazine rings is 1. The number of fused-ring (bicyclic) bond motifs is 1. The van der Waals surface area contributed by atoms with Gasteiger partial charge in [0, 0.05) is 46.7 Å². The SMILES string of the molecule is CN(C)C(=O)N1CCN(C(=O)CCn2cnc3ccccc32)C(C)(C)C1. The number of amides is 3. The van der Waals surface area contributed by atoms with Crippen LogP contribution in [0, 0.1) is 0 Å². The molecule has 26 heavy (non-hydrogen) atoms. The maximum absolute atomic E-state index is 12.8. The number of carbonyl (C=O) groups is 2. The first-order chi connectivity index (χ1) is 12.3. The van der Waals surface area contributed by atoms with E-state index in [1.54, 1.807) is 25.3 Å². The zero-order chi connectivity index (χ0) is 18.9. The van der Waals surface area contributed by atoms with Gasteiger partial charge >= 0.3 is 6.03 Å². The summed E-state index contributed by atoms with van der Waals surface area (Å²) >= 11 is 0. The van der Waals surface area contributed by atoms with E-state index in [2.05, 4.69) is 4.98 Å². The zero-order valence-corrected chi connectivity index (χ0v) is 16.0. The Kier molecular flexibility index (Phi) is 4.89. The summed E-state index contributed by atoms with van der Waals surface area (Å²) in [4.78, 5) is 34.7. The highest BCUT2D eigenvalue weighted by Gasteiger charge is 2.38. The minimum Gasteiger partial charge on any atom is -0.334 e. The molecule has 0 bridgehead atoms. The van der Waals surface area contributed by atoms with Crippen LogP contribution < -0.4 is 0 Å². The second-order valence-corrected chi connectivity index (χ2v) is 7.63. The molecular formula is C19H27N5O2. The highest BCUT2D eigenvalue weighted by molar-refractivity contribution is 5.79. The highest BCUT2D eigenvalue weighted by atomic mass is 16.2. The van der Waals surface area contributed by atoms with Crippen molar-refractivity contribution in [3.63, 3.8) is 0 Å². The van der Waals surface area contributed by atoms with Crippen LogP contribution in [0.4, 0.5) is 4.79 Å². The minimum absolute atomic E-state index is 0.00457. The van der Waals surface area contributed by atoms with Gasteiger partial charge in [-0.1, -0.05) is 12.1 Å². The van der Waals surface area contributed by atoms with Gasteiger partial charge in [-0.15, -0.1) is 0 Å². The molecule has 3 rings (SSSR count). The van der Waals surface area contributed by atoms with E-state index in [0.717, 1.165) is 11.0 Å². The number of para-hydroxylation sites is 2. The fourth-order valence-corrected chi connectivity index (χ4v) is 3.60. The van der Waals surface area contributed by atoms with E-state index in [1.807, 2.05) is 52.5 Å². The van der Waals surface area contributed by atoms with Crippen LogP contribution in [0.25, 0.3) is 11.0 Å². The van der Waals surface area contributed by atoms with Gasteiger partial charge in [0.05, 0.1) is 22.9 Å². The zero-order valence-electron chi connectivity index (χ0n) is 16.0. The fourth-order valence-electron chi connectivity index (χ4n) is 3.60. The summed E-state index contributed by atoms with van der Waals surface area (Å²) in [5.41, 5.74) is 1.61. The van der Waals surface area contributed by atoms with E-state index < -0.39 is 0 Å². The minimum atomic E-state index is -0.377. The first-order valence-corrected chi connectivity index (χ1v) is 8.96. The third-order valence-corrected chi connectivity index (χ3v) is 4.95. The van der Waals surface area contributed by atoms with Crippen molar-refractivity contribution in [2.45, 2.75) is 32.4 Å². The molecule has 7 nitrogen and oxygen atoms in total. The number of rotatable bonds is 3. The summed E-state index contributed by atoms with van der Waals surface area (Å²) in [6.45, 7) is 6.32. The lowest BCUT2D eigenvalue weighted by Crippen LogP contribution is -2.63. The Bertz CT molecular complexity index is 811. The van der Waals surface area contributed by atoms with Gasteiger partial charge in [0.15, 0.2) is 0 Å². The fraction of sp³-hybridized carbons (Fsp3) is 0.526. The van der Waals surface area contributed by atoms with Crippen molar-refractivity contribution in [1.29, 1.82) is 0 Å². The van der Waals surface area contributed by atoms with Gasteiger partial charge in [-0.2, -0.15) is 0 Å². The number of nitrogens with zero attached hydrogens (tertiary/aromatic N) is 5. The second kappa shape index (κ2) is 6.97. The van der Waals surface area contributed by atoms with Gasteiger partial charge in [-0.3, -0.25) is 4.79 Å². The van der Waals surface area contributed by atoms with Crippen LogP contribution in [-0.4, -0.2) is 75.5 Å². The summed E-state index contributed by atoms with van der Waals surface area (Å²) in [6.07, 6.45) is 2.21. The molecule has 1 aromatic heterocycles. The van der Waals surface area contributed by atoms with Crippen molar-refractivity contribution in [3.8, 4) is 0 Å². The molecule has 1 aliphatic rings. The Morgan fingerprint density at radius 1 is 1.19 bits per heavy atom. The van der Waals surface area contributed by atoms with Crippen LogP contribution in [0.3, 0.4) is 0 Å². The average molecular weight is 357 g/mol. The lowest BCUT2D eigenvalue weighted by molar-refractivity contribution is -0.140. The molecule has 1 aliphatic heterocycles. The number of hydrogen-bond acceptors (Lipinski definition) is 3. The molecule has 0 N–H and O–H groups in total. The molecule has 0 spiro atoms. The van der Waals surface area contributed by atoms with Gasteiger partial charge in [0.25, 0.3) is 0 Å². The standard InChI is InChI=1S/C19H27N5O2/c1-19(2)13-22(18(26)21(3)4)11-12-24(19)17(25)9-10-23-14-20-15-7-5-6-8-16(15)23/h5-8,14H,9-13H2,1-4H3. The summed E-state index contributed by atoms with van der Waals surface area (Å²) in [5, 5.41) is 0. The van der Waals surface area contributed by atoms with Crippen molar-refractivity contribution in [2.75, 3.05) is 33.7 Å².